The van der Waals surface area contributed by atoms with Crippen molar-refractivity contribution >= 4 is 15.9 Å². The van der Waals surface area contributed by atoms with Gasteiger partial charge in [-0.15, -0.1) is 0 Å². The predicted molar refractivity (Wildman–Crippen MR) is 102 cm³/mol. The van der Waals surface area contributed by atoms with Crippen LogP contribution < -0.4 is 14.2 Å². The van der Waals surface area contributed by atoms with E-state index in [0.717, 1.165) is 11.1 Å². The number of ether oxygens (including phenoxy) is 2. The Morgan fingerprint density at radius 2 is 1.70 bits per heavy atom. The van der Waals surface area contributed by atoms with E-state index in [1.165, 1.54) is 6.20 Å². The number of rotatable bonds is 6. The van der Waals surface area contributed by atoms with Crippen LogP contribution in [0.1, 0.15) is 11.1 Å². The van der Waals surface area contributed by atoms with E-state index in [-0.39, 0.29) is 10.8 Å². The van der Waals surface area contributed by atoms with Crippen LogP contribution in [0.4, 0.5) is 5.88 Å². The van der Waals surface area contributed by atoms with Crippen LogP contribution in [0.25, 0.3) is 11.1 Å². The fourth-order valence-electron chi connectivity index (χ4n) is 2.74. The number of anilines is 1. The molecule has 3 aromatic rings. The van der Waals surface area contributed by atoms with Gasteiger partial charge in [-0.25, -0.2) is 13.1 Å². The van der Waals surface area contributed by atoms with Gasteiger partial charge in [0, 0.05) is 0 Å². The van der Waals surface area contributed by atoms with E-state index in [0.29, 0.717) is 22.6 Å². The minimum atomic E-state index is -3.87. The van der Waals surface area contributed by atoms with Crippen LogP contribution in [-0.4, -0.2) is 27.8 Å². The van der Waals surface area contributed by atoms with Gasteiger partial charge in [0.2, 0.25) is 5.88 Å². The molecule has 0 aliphatic carbocycles. The molecule has 0 fully saturated rings. The summed E-state index contributed by atoms with van der Waals surface area (Å²) in [6, 6.07) is 10.4. The molecule has 0 aliphatic heterocycles. The Labute approximate surface area is 158 Å². The standard InChI is InChI=1S/C19H20N2O5S/c1-12-10-18(13(2)9-17(12)25-4)27(22,23)21-19-16(11-20-26-19)14-5-7-15(24-3)8-6-14/h5-11,21H,1-4H3. The lowest BCUT2D eigenvalue weighted by Crippen LogP contribution is -2.15. The molecule has 0 aliphatic rings. The molecule has 1 heterocycles. The minimum absolute atomic E-state index is 0.0491. The second-order valence-electron chi connectivity index (χ2n) is 5.99. The number of sulfonamides is 1. The number of hydrogen-bond acceptors (Lipinski definition) is 6. The number of aryl methyl sites for hydroxylation is 2. The maximum absolute atomic E-state index is 12.9. The van der Waals surface area contributed by atoms with Crippen molar-refractivity contribution in [2.45, 2.75) is 18.7 Å². The summed E-state index contributed by atoms with van der Waals surface area (Å²) in [4.78, 5) is 0.151. The van der Waals surface area contributed by atoms with E-state index in [1.54, 1.807) is 64.5 Å². The maximum atomic E-state index is 12.9. The molecule has 1 N–H and O–H groups in total. The zero-order valence-corrected chi connectivity index (χ0v) is 16.3. The van der Waals surface area contributed by atoms with Crippen LogP contribution in [0.2, 0.25) is 0 Å². The first-order valence-electron chi connectivity index (χ1n) is 8.13. The summed E-state index contributed by atoms with van der Waals surface area (Å²) in [5.41, 5.74) is 2.56. The van der Waals surface area contributed by atoms with Crippen molar-refractivity contribution in [2.75, 3.05) is 18.9 Å². The molecule has 0 spiro atoms. The van der Waals surface area contributed by atoms with Crippen molar-refractivity contribution in [3.8, 4) is 22.6 Å². The first kappa shape index (κ1) is 18.8. The van der Waals surface area contributed by atoms with Crippen molar-refractivity contribution in [3.05, 3.63) is 53.7 Å². The fourth-order valence-corrected chi connectivity index (χ4v) is 4.06. The highest BCUT2D eigenvalue weighted by Crippen LogP contribution is 2.32. The van der Waals surface area contributed by atoms with Gasteiger partial charge in [-0.05, 0) is 54.8 Å². The molecular formula is C19H20N2O5S. The van der Waals surface area contributed by atoms with Crippen LogP contribution in [0.15, 0.2) is 52.0 Å². The van der Waals surface area contributed by atoms with Gasteiger partial charge in [0.15, 0.2) is 0 Å². The molecule has 0 unspecified atom stereocenters. The molecule has 142 valence electrons. The van der Waals surface area contributed by atoms with Crippen molar-refractivity contribution < 1.29 is 22.4 Å². The molecule has 3 rings (SSSR count). The van der Waals surface area contributed by atoms with Crippen LogP contribution in [0.3, 0.4) is 0 Å². The molecule has 1 aromatic heterocycles. The van der Waals surface area contributed by atoms with E-state index in [9.17, 15) is 8.42 Å². The van der Waals surface area contributed by atoms with Crippen LogP contribution >= 0.6 is 0 Å². The van der Waals surface area contributed by atoms with Gasteiger partial charge in [0.05, 0.1) is 30.9 Å². The molecule has 0 radical (unpaired) electrons. The summed E-state index contributed by atoms with van der Waals surface area (Å²) in [5.74, 6) is 1.37. The normalized spacial score (nSPS) is 11.3. The third kappa shape index (κ3) is 3.75. The number of nitrogens with one attached hydrogen (secondary N) is 1. The summed E-state index contributed by atoms with van der Waals surface area (Å²) in [5, 5.41) is 3.73. The molecular weight excluding hydrogens is 368 g/mol. The highest BCUT2D eigenvalue weighted by molar-refractivity contribution is 7.92. The molecule has 0 amide bonds. The average Bonchev–Trinajstić information content (AvgIpc) is 3.10. The van der Waals surface area contributed by atoms with Gasteiger partial charge in [-0.3, -0.25) is 0 Å². The first-order valence-corrected chi connectivity index (χ1v) is 9.61. The predicted octanol–water partition coefficient (Wildman–Crippen LogP) is 3.78. The second kappa shape index (κ2) is 7.32. The van der Waals surface area contributed by atoms with Gasteiger partial charge >= 0.3 is 0 Å². The zero-order chi connectivity index (χ0) is 19.6. The lowest BCUT2D eigenvalue weighted by atomic mass is 10.1. The lowest BCUT2D eigenvalue weighted by molar-refractivity contribution is 0.411. The largest absolute Gasteiger partial charge is 0.497 e. The average molecular weight is 388 g/mol. The zero-order valence-electron chi connectivity index (χ0n) is 15.4. The third-order valence-electron chi connectivity index (χ3n) is 4.18. The van der Waals surface area contributed by atoms with Gasteiger partial charge in [-0.1, -0.05) is 17.3 Å². The Balaban J connectivity index is 1.96. The van der Waals surface area contributed by atoms with Crippen molar-refractivity contribution in [2.24, 2.45) is 0 Å². The molecule has 8 heteroatoms. The van der Waals surface area contributed by atoms with Crippen LogP contribution in [0, 0.1) is 13.8 Å². The van der Waals surface area contributed by atoms with E-state index in [4.69, 9.17) is 14.0 Å². The van der Waals surface area contributed by atoms with Crippen molar-refractivity contribution in [3.63, 3.8) is 0 Å². The van der Waals surface area contributed by atoms with Gasteiger partial charge in [0.1, 0.15) is 11.5 Å². The molecule has 2 aromatic carbocycles. The number of nitrogens with zero attached hydrogens (tertiary/aromatic N) is 1. The smallest absolute Gasteiger partial charge is 0.264 e. The molecule has 0 saturated carbocycles. The van der Waals surface area contributed by atoms with Crippen LogP contribution in [-0.2, 0) is 10.0 Å². The highest BCUT2D eigenvalue weighted by atomic mass is 32.2. The molecule has 0 bridgehead atoms. The Hall–Kier alpha value is -3.00. The molecule has 0 atom stereocenters. The van der Waals surface area contributed by atoms with Gasteiger partial charge in [-0.2, -0.15) is 0 Å². The molecule has 0 saturated heterocycles. The fraction of sp³-hybridized carbons (Fsp3) is 0.211. The summed E-state index contributed by atoms with van der Waals surface area (Å²) in [6.45, 7) is 3.50. The number of aromatic nitrogens is 1. The molecule has 7 nitrogen and oxygen atoms in total. The van der Waals surface area contributed by atoms with E-state index < -0.39 is 10.0 Å². The lowest BCUT2D eigenvalue weighted by Gasteiger charge is -2.13. The number of benzene rings is 2. The Morgan fingerprint density at radius 1 is 1.00 bits per heavy atom. The first-order chi connectivity index (χ1) is 12.9. The summed E-state index contributed by atoms with van der Waals surface area (Å²) in [7, 11) is -0.747. The quantitative estimate of drug-likeness (QED) is 0.691. The Kier molecular flexibility index (Phi) is 5.09. The second-order valence-corrected chi connectivity index (χ2v) is 7.64. The van der Waals surface area contributed by atoms with Gasteiger partial charge < -0.3 is 14.0 Å². The summed E-state index contributed by atoms with van der Waals surface area (Å²) >= 11 is 0. The minimum Gasteiger partial charge on any atom is -0.497 e. The van der Waals surface area contributed by atoms with E-state index in [1.807, 2.05) is 0 Å². The Bertz CT molecular complexity index is 1060. The SMILES string of the molecule is COc1ccc(-c2cnoc2NS(=O)(=O)c2cc(C)c(OC)cc2C)cc1. The van der Waals surface area contributed by atoms with E-state index in [2.05, 4.69) is 9.88 Å². The van der Waals surface area contributed by atoms with Crippen molar-refractivity contribution in [1.29, 1.82) is 0 Å². The monoisotopic (exact) mass is 388 g/mol. The highest BCUT2D eigenvalue weighted by Gasteiger charge is 2.23. The van der Waals surface area contributed by atoms with E-state index >= 15 is 0 Å². The summed E-state index contributed by atoms with van der Waals surface area (Å²) in [6.07, 6.45) is 1.46. The van der Waals surface area contributed by atoms with Crippen molar-refractivity contribution in [1.82, 2.24) is 5.16 Å². The third-order valence-corrected chi connectivity index (χ3v) is 5.65. The Morgan fingerprint density at radius 3 is 2.33 bits per heavy atom. The summed E-state index contributed by atoms with van der Waals surface area (Å²) < 4.78 is 43.8. The number of methoxy groups -OCH3 is 2. The van der Waals surface area contributed by atoms with Crippen LogP contribution in [0.5, 0.6) is 11.5 Å². The topological polar surface area (TPSA) is 90.7 Å². The molecule has 27 heavy (non-hydrogen) atoms. The number of hydrogen-bond donors (Lipinski definition) is 1. The maximum Gasteiger partial charge on any atom is 0.264 e. The van der Waals surface area contributed by atoms with Gasteiger partial charge in [0.25, 0.3) is 10.0 Å².